The predicted octanol–water partition coefficient (Wildman–Crippen LogP) is 2.27. The summed E-state index contributed by atoms with van der Waals surface area (Å²) in [5, 5.41) is 13.0. The molecule has 6 nitrogen and oxygen atoms in total. The van der Waals surface area contributed by atoms with Crippen molar-refractivity contribution in [1.29, 1.82) is 0 Å². The fourth-order valence-corrected chi connectivity index (χ4v) is 7.43. The van der Waals surface area contributed by atoms with Crippen LogP contribution in [0.3, 0.4) is 0 Å². The van der Waals surface area contributed by atoms with Gasteiger partial charge in [0.25, 0.3) is 0 Å². The van der Waals surface area contributed by atoms with Gasteiger partial charge in [0.15, 0.2) is 11.2 Å². The highest BCUT2D eigenvalue weighted by Crippen LogP contribution is 2.55. The maximum absolute atomic E-state index is 13.5. The third-order valence-corrected chi connectivity index (χ3v) is 8.32. The molecule has 1 atom stereocenters. The van der Waals surface area contributed by atoms with Gasteiger partial charge in [0, 0.05) is 18.7 Å². The van der Waals surface area contributed by atoms with Gasteiger partial charge in [-0.25, -0.2) is 4.98 Å². The van der Waals surface area contributed by atoms with Gasteiger partial charge in [-0.3, -0.25) is 9.69 Å². The van der Waals surface area contributed by atoms with Gasteiger partial charge in [-0.2, -0.15) is 4.40 Å². The molecule has 0 radical (unpaired) electrons. The maximum atomic E-state index is 13.5. The number of hydrogen-bond donors (Lipinski definition) is 3. The van der Waals surface area contributed by atoms with Crippen LogP contribution in [0, 0.1) is 23.7 Å². The molecule has 0 aromatic carbocycles. The number of likely N-dealkylation sites (tertiary alicyclic amines) is 1. The average molecular weight is 410 g/mol. The topological polar surface area (TPSA) is 72.5 Å². The monoisotopic (exact) mass is 409 g/mol. The number of H-pyrrole nitrogens is 1. The van der Waals surface area contributed by atoms with Gasteiger partial charge >= 0.3 is 11.7 Å². The van der Waals surface area contributed by atoms with Crippen LogP contribution < -0.4 is 9.72 Å². The highest BCUT2D eigenvalue weighted by atomic mass is 16.3. The second kappa shape index (κ2) is 7.06. The molecule has 3 heterocycles. The fraction of sp³-hybridized carbons (Fsp3) is 0.667. The minimum absolute atomic E-state index is 0.0159. The SMILES string of the molecule is O=C(NC12CC3CC(CC(C3)C1)C2)c1[nH]c(CN2CC[C@H](CO)C2)c2cccc[n+]12. The van der Waals surface area contributed by atoms with Gasteiger partial charge in [0.05, 0.1) is 12.7 Å². The van der Waals surface area contributed by atoms with E-state index in [0.29, 0.717) is 11.7 Å². The zero-order chi connectivity index (χ0) is 20.3. The van der Waals surface area contributed by atoms with Gasteiger partial charge < -0.3 is 10.4 Å². The molecule has 2 aromatic rings. The van der Waals surface area contributed by atoms with E-state index < -0.39 is 0 Å². The smallest absolute Gasteiger partial charge is 0.351 e. The molecule has 2 aromatic heterocycles. The van der Waals surface area contributed by atoms with Crippen molar-refractivity contribution < 1.29 is 14.3 Å². The molecule has 0 unspecified atom stereocenters. The first kappa shape index (κ1) is 18.8. The van der Waals surface area contributed by atoms with E-state index in [2.05, 4.69) is 21.3 Å². The molecule has 4 bridgehead atoms. The summed E-state index contributed by atoms with van der Waals surface area (Å²) in [5.41, 5.74) is 2.17. The number of aromatic nitrogens is 2. The Balaban J connectivity index is 1.26. The fourth-order valence-electron chi connectivity index (χ4n) is 7.43. The minimum Gasteiger partial charge on any atom is -0.396 e. The first-order valence-corrected chi connectivity index (χ1v) is 11.8. The normalized spacial score (nSPS) is 35.4. The number of aliphatic hydroxyl groups is 1. The molecule has 30 heavy (non-hydrogen) atoms. The summed E-state index contributed by atoms with van der Waals surface area (Å²) >= 11 is 0. The molecule has 160 valence electrons. The number of aromatic amines is 1. The number of carbonyl (C=O) groups excluding carboxylic acids is 1. The van der Waals surface area contributed by atoms with Gasteiger partial charge in [0.2, 0.25) is 0 Å². The van der Waals surface area contributed by atoms with Crippen molar-refractivity contribution in [2.24, 2.45) is 23.7 Å². The summed E-state index contributed by atoms with van der Waals surface area (Å²) in [6.07, 6.45) is 10.7. The van der Waals surface area contributed by atoms with E-state index in [9.17, 15) is 9.90 Å². The standard InChI is InChI=1S/C24H32N4O2/c29-15-16-4-6-27(13-16)14-20-21-3-1-2-5-28(21)22(25-20)23(30)26-24-10-17-7-18(11-24)9-19(8-17)12-24/h1-3,5,16-19,29H,4,6-15H2,(H,26,30)/p+1/t16-,17?,18?,19?,24?/m0/s1. The van der Waals surface area contributed by atoms with Crippen LogP contribution in [-0.2, 0) is 6.54 Å². The van der Waals surface area contributed by atoms with Gasteiger partial charge in [0.1, 0.15) is 0 Å². The van der Waals surface area contributed by atoms with E-state index in [1.165, 1.54) is 19.3 Å². The van der Waals surface area contributed by atoms with Crippen molar-refractivity contribution in [1.82, 2.24) is 15.2 Å². The Kier molecular flexibility index (Phi) is 4.43. The van der Waals surface area contributed by atoms with Crippen LogP contribution in [0.25, 0.3) is 5.52 Å². The van der Waals surface area contributed by atoms with E-state index in [1.54, 1.807) is 0 Å². The number of carbonyl (C=O) groups is 1. The second-order valence-corrected chi connectivity index (χ2v) is 10.6. The summed E-state index contributed by atoms with van der Waals surface area (Å²) in [6, 6.07) is 6.12. The molecule has 4 saturated carbocycles. The third kappa shape index (κ3) is 3.16. The number of fused-ring (bicyclic) bond motifs is 1. The molecule has 5 fully saturated rings. The van der Waals surface area contributed by atoms with E-state index >= 15 is 0 Å². The Hall–Kier alpha value is -1.92. The van der Waals surface area contributed by atoms with Crippen molar-refractivity contribution in [2.45, 2.75) is 57.0 Å². The first-order chi connectivity index (χ1) is 14.6. The van der Waals surface area contributed by atoms with E-state index in [0.717, 1.165) is 74.3 Å². The first-order valence-electron chi connectivity index (χ1n) is 11.8. The molecular weight excluding hydrogens is 376 g/mol. The number of aliphatic hydroxyl groups excluding tert-OH is 1. The third-order valence-electron chi connectivity index (χ3n) is 8.32. The van der Waals surface area contributed by atoms with Crippen LogP contribution in [0.5, 0.6) is 0 Å². The maximum Gasteiger partial charge on any atom is 0.351 e. The number of nitrogens with zero attached hydrogens (tertiary/aromatic N) is 2. The lowest BCUT2D eigenvalue weighted by molar-refractivity contribution is -0.514. The van der Waals surface area contributed by atoms with E-state index in [1.807, 2.05) is 22.7 Å². The van der Waals surface area contributed by atoms with Crippen molar-refractivity contribution in [3.05, 3.63) is 35.9 Å². The Morgan fingerprint density at radius 3 is 2.60 bits per heavy atom. The van der Waals surface area contributed by atoms with E-state index in [-0.39, 0.29) is 18.1 Å². The number of rotatable bonds is 5. The zero-order valence-electron chi connectivity index (χ0n) is 17.6. The van der Waals surface area contributed by atoms with Crippen LogP contribution in [0.15, 0.2) is 24.4 Å². The summed E-state index contributed by atoms with van der Waals surface area (Å²) in [5.74, 6) is 3.51. The van der Waals surface area contributed by atoms with Crippen molar-refractivity contribution in [3.8, 4) is 0 Å². The Morgan fingerprint density at radius 2 is 1.93 bits per heavy atom. The minimum atomic E-state index is 0.0159. The predicted molar refractivity (Wildman–Crippen MR) is 113 cm³/mol. The molecular formula is C24H33N4O2+. The molecule has 3 N–H and O–H groups in total. The van der Waals surface area contributed by atoms with Crippen LogP contribution in [0.2, 0.25) is 0 Å². The molecule has 7 rings (SSSR count). The number of hydrogen-bond acceptors (Lipinski definition) is 3. The van der Waals surface area contributed by atoms with Gasteiger partial charge in [-0.05, 0) is 87.3 Å². The van der Waals surface area contributed by atoms with Gasteiger partial charge in [-0.15, -0.1) is 0 Å². The highest BCUT2D eigenvalue weighted by Gasteiger charge is 2.52. The van der Waals surface area contributed by atoms with Crippen LogP contribution in [-0.4, -0.2) is 46.1 Å². The molecule has 4 aliphatic carbocycles. The number of nitrogens with one attached hydrogen (secondary N) is 2. The quantitative estimate of drug-likeness (QED) is 0.664. The Morgan fingerprint density at radius 1 is 1.20 bits per heavy atom. The summed E-state index contributed by atoms with van der Waals surface area (Å²) in [6.45, 7) is 2.96. The number of pyridine rings is 1. The molecule has 5 aliphatic rings. The second-order valence-electron chi connectivity index (χ2n) is 10.6. The average Bonchev–Trinajstić information content (AvgIpc) is 3.32. The molecule has 6 heteroatoms. The molecule has 1 aliphatic heterocycles. The molecule has 0 spiro atoms. The van der Waals surface area contributed by atoms with Gasteiger partial charge in [-0.1, -0.05) is 6.07 Å². The largest absolute Gasteiger partial charge is 0.396 e. The summed E-state index contributed by atoms with van der Waals surface area (Å²) < 4.78 is 2.02. The van der Waals surface area contributed by atoms with Crippen LogP contribution in [0.4, 0.5) is 0 Å². The molecule has 1 saturated heterocycles. The molecule has 1 amide bonds. The zero-order valence-corrected chi connectivity index (χ0v) is 17.6. The Bertz CT molecular complexity index is 932. The van der Waals surface area contributed by atoms with Crippen LogP contribution in [0.1, 0.15) is 61.3 Å². The van der Waals surface area contributed by atoms with E-state index in [4.69, 9.17) is 0 Å². The highest BCUT2D eigenvalue weighted by molar-refractivity contribution is 5.90. The van der Waals surface area contributed by atoms with Crippen molar-refractivity contribution in [3.63, 3.8) is 0 Å². The summed E-state index contributed by atoms with van der Waals surface area (Å²) in [7, 11) is 0. The van der Waals surface area contributed by atoms with Crippen molar-refractivity contribution >= 4 is 11.4 Å². The number of imidazole rings is 1. The lowest BCUT2D eigenvalue weighted by Crippen LogP contribution is -2.60. The van der Waals surface area contributed by atoms with Crippen LogP contribution >= 0.6 is 0 Å². The lowest BCUT2D eigenvalue weighted by Gasteiger charge is -2.56. The number of amides is 1. The van der Waals surface area contributed by atoms with Crippen molar-refractivity contribution in [2.75, 3.05) is 19.7 Å². The Labute approximate surface area is 177 Å². The lowest BCUT2D eigenvalue weighted by atomic mass is 9.53. The summed E-state index contributed by atoms with van der Waals surface area (Å²) in [4.78, 5) is 19.3.